The summed E-state index contributed by atoms with van der Waals surface area (Å²) in [5.74, 6) is 0. The molecule has 0 spiro atoms. The normalized spacial score (nSPS) is 23.0. The molecule has 0 amide bonds. The second-order valence-corrected chi connectivity index (χ2v) is 7.70. The minimum Gasteiger partial charge on any atom is -0.328 e. The van der Waals surface area contributed by atoms with E-state index in [2.05, 4.69) is 20.7 Å². The fourth-order valence-corrected chi connectivity index (χ4v) is 4.19. The number of nitrogens with zero attached hydrogens (tertiary/aromatic N) is 1. The van der Waals surface area contributed by atoms with E-state index in [4.69, 9.17) is 5.73 Å². The van der Waals surface area contributed by atoms with Crippen molar-refractivity contribution in [1.29, 1.82) is 0 Å². The van der Waals surface area contributed by atoms with E-state index in [-0.39, 0.29) is 17.0 Å². The lowest BCUT2D eigenvalue weighted by Gasteiger charge is -2.26. The average molecular weight is 378 g/mol. The van der Waals surface area contributed by atoms with Crippen LogP contribution in [-0.2, 0) is 10.0 Å². The molecule has 0 bridgehead atoms. The summed E-state index contributed by atoms with van der Waals surface area (Å²) in [6.07, 6.45) is 2.78. The lowest BCUT2D eigenvalue weighted by molar-refractivity contribution is -0.387. The summed E-state index contributed by atoms with van der Waals surface area (Å²) in [7, 11) is -3.92. The van der Waals surface area contributed by atoms with Gasteiger partial charge in [-0.25, -0.2) is 13.1 Å². The number of nitrogens with two attached hydrogens (primary N) is 1. The van der Waals surface area contributed by atoms with Crippen LogP contribution in [0.3, 0.4) is 0 Å². The van der Waals surface area contributed by atoms with Gasteiger partial charge >= 0.3 is 0 Å². The number of hydrogen-bond donors (Lipinski definition) is 2. The molecule has 0 unspecified atom stereocenters. The number of nitro benzene ring substituents is 1. The third kappa shape index (κ3) is 4.00. The second-order valence-electron chi connectivity index (χ2n) is 5.10. The van der Waals surface area contributed by atoms with Crippen LogP contribution < -0.4 is 10.5 Å². The van der Waals surface area contributed by atoms with Crippen molar-refractivity contribution in [3.8, 4) is 0 Å². The predicted molar refractivity (Wildman–Crippen MR) is 81.3 cm³/mol. The van der Waals surface area contributed by atoms with Crippen LogP contribution >= 0.6 is 15.9 Å². The van der Waals surface area contributed by atoms with Crippen molar-refractivity contribution in [2.45, 2.75) is 42.7 Å². The van der Waals surface area contributed by atoms with E-state index < -0.39 is 20.6 Å². The zero-order valence-corrected chi connectivity index (χ0v) is 13.6. The van der Waals surface area contributed by atoms with Crippen molar-refractivity contribution >= 4 is 31.6 Å². The van der Waals surface area contributed by atoms with Gasteiger partial charge in [0.25, 0.3) is 5.69 Å². The van der Waals surface area contributed by atoms with Gasteiger partial charge in [-0.1, -0.05) is 15.9 Å². The maximum absolute atomic E-state index is 12.4. The van der Waals surface area contributed by atoms with E-state index in [1.165, 1.54) is 18.2 Å². The smallest absolute Gasteiger partial charge is 0.290 e. The number of hydrogen-bond acceptors (Lipinski definition) is 5. The fraction of sp³-hybridized carbons (Fsp3) is 0.500. The first kappa shape index (κ1) is 16.3. The molecular weight excluding hydrogens is 362 g/mol. The topological polar surface area (TPSA) is 115 Å². The number of benzene rings is 1. The number of nitro groups is 1. The highest BCUT2D eigenvalue weighted by Gasteiger charge is 2.29. The molecular formula is C12H16BrN3O4S. The maximum Gasteiger partial charge on any atom is 0.290 e. The zero-order valence-electron chi connectivity index (χ0n) is 11.2. The van der Waals surface area contributed by atoms with E-state index in [9.17, 15) is 18.5 Å². The molecule has 1 aliphatic carbocycles. The van der Waals surface area contributed by atoms with Gasteiger partial charge in [0, 0.05) is 22.6 Å². The van der Waals surface area contributed by atoms with Crippen LogP contribution in [0.4, 0.5) is 5.69 Å². The summed E-state index contributed by atoms with van der Waals surface area (Å²) < 4.78 is 27.7. The molecule has 0 aliphatic heterocycles. The Hall–Kier alpha value is -1.03. The van der Waals surface area contributed by atoms with Gasteiger partial charge in [0.15, 0.2) is 4.90 Å². The van der Waals surface area contributed by atoms with E-state index >= 15 is 0 Å². The SMILES string of the molecule is NC1CCC(NS(=O)(=O)c2ccc(Br)cc2[N+](=O)[O-])CC1. The highest BCUT2D eigenvalue weighted by Crippen LogP contribution is 2.28. The molecule has 9 heteroatoms. The molecule has 116 valence electrons. The third-order valence-electron chi connectivity index (χ3n) is 3.50. The molecule has 0 heterocycles. The number of rotatable bonds is 4. The van der Waals surface area contributed by atoms with Gasteiger partial charge in [-0.05, 0) is 37.8 Å². The van der Waals surface area contributed by atoms with Crippen LogP contribution in [0.15, 0.2) is 27.6 Å². The molecule has 1 aromatic carbocycles. The summed E-state index contributed by atoms with van der Waals surface area (Å²) in [6.45, 7) is 0. The molecule has 21 heavy (non-hydrogen) atoms. The Morgan fingerprint density at radius 3 is 2.48 bits per heavy atom. The van der Waals surface area contributed by atoms with Gasteiger partial charge in [-0.2, -0.15) is 0 Å². The molecule has 1 aliphatic rings. The molecule has 0 radical (unpaired) electrons. The molecule has 1 saturated carbocycles. The standard InChI is InChI=1S/C12H16BrN3O4S/c13-8-1-6-12(11(7-8)16(17)18)21(19,20)15-10-4-2-9(14)3-5-10/h1,6-7,9-10,15H,2-5,14H2. The van der Waals surface area contributed by atoms with Crippen LogP contribution in [0.25, 0.3) is 0 Å². The van der Waals surface area contributed by atoms with Crippen LogP contribution in [0.2, 0.25) is 0 Å². The largest absolute Gasteiger partial charge is 0.328 e. The summed E-state index contributed by atoms with van der Waals surface area (Å²) in [5, 5.41) is 11.0. The van der Waals surface area contributed by atoms with E-state index in [0.29, 0.717) is 17.3 Å². The first-order valence-corrected chi connectivity index (χ1v) is 8.79. The summed E-state index contributed by atoms with van der Waals surface area (Å²) >= 11 is 3.10. The van der Waals surface area contributed by atoms with E-state index in [1.807, 2.05) is 0 Å². The molecule has 0 atom stereocenters. The Morgan fingerprint density at radius 1 is 1.29 bits per heavy atom. The van der Waals surface area contributed by atoms with Crippen LogP contribution in [0.1, 0.15) is 25.7 Å². The summed E-state index contributed by atoms with van der Waals surface area (Å²) in [4.78, 5) is 10.0. The van der Waals surface area contributed by atoms with E-state index in [0.717, 1.165) is 12.8 Å². The van der Waals surface area contributed by atoms with Crippen molar-refractivity contribution in [3.63, 3.8) is 0 Å². The van der Waals surface area contributed by atoms with Gasteiger partial charge in [0.2, 0.25) is 10.0 Å². The molecule has 3 N–H and O–H groups in total. The van der Waals surface area contributed by atoms with Gasteiger partial charge in [0.1, 0.15) is 0 Å². The van der Waals surface area contributed by atoms with Crippen LogP contribution in [-0.4, -0.2) is 25.4 Å². The van der Waals surface area contributed by atoms with Crippen LogP contribution in [0.5, 0.6) is 0 Å². The Balaban J connectivity index is 2.25. The number of sulfonamides is 1. The van der Waals surface area contributed by atoms with Crippen molar-refractivity contribution in [3.05, 3.63) is 32.8 Å². The first-order valence-electron chi connectivity index (χ1n) is 6.51. The van der Waals surface area contributed by atoms with Gasteiger partial charge in [-0.3, -0.25) is 10.1 Å². The zero-order chi connectivity index (χ0) is 15.6. The van der Waals surface area contributed by atoms with E-state index in [1.54, 1.807) is 0 Å². The second kappa shape index (κ2) is 6.39. The Morgan fingerprint density at radius 2 is 1.90 bits per heavy atom. The lowest BCUT2D eigenvalue weighted by Crippen LogP contribution is -2.40. The number of nitrogens with one attached hydrogen (secondary N) is 1. The maximum atomic E-state index is 12.4. The molecule has 1 aromatic rings. The van der Waals surface area contributed by atoms with Gasteiger partial charge < -0.3 is 5.73 Å². The lowest BCUT2D eigenvalue weighted by atomic mass is 9.93. The minimum absolute atomic E-state index is 0.104. The fourth-order valence-electron chi connectivity index (χ4n) is 2.38. The molecule has 2 rings (SSSR count). The van der Waals surface area contributed by atoms with Crippen molar-refractivity contribution in [1.82, 2.24) is 4.72 Å². The van der Waals surface area contributed by atoms with Crippen molar-refractivity contribution in [2.75, 3.05) is 0 Å². The quantitative estimate of drug-likeness (QED) is 0.613. The highest BCUT2D eigenvalue weighted by atomic mass is 79.9. The monoisotopic (exact) mass is 377 g/mol. The van der Waals surface area contributed by atoms with Gasteiger partial charge in [0.05, 0.1) is 4.92 Å². The van der Waals surface area contributed by atoms with Crippen molar-refractivity contribution in [2.24, 2.45) is 5.73 Å². The summed E-state index contributed by atoms with van der Waals surface area (Å²) in [6, 6.07) is 3.77. The molecule has 7 nitrogen and oxygen atoms in total. The molecule has 0 aromatic heterocycles. The van der Waals surface area contributed by atoms with Crippen molar-refractivity contribution < 1.29 is 13.3 Å². The molecule has 1 fully saturated rings. The Labute approximate surface area is 131 Å². The first-order chi connectivity index (χ1) is 9.79. The Kier molecular flexibility index (Phi) is 4.97. The average Bonchev–Trinajstić information content (AvgIpc) is 2.40. The van der Waals surface area contributed by atoms with Gasteiger partial charge in [-0.15, -0.1) is 0 Å². The number of halogens is 1. The third-order valence-corrected chi connectivity index (χ3v) is 5.56. The highest BCUT2D eigenvalue weighted by molar-refractivity contribution is 9.10. The summed E-state index contributed by atoms with van der Waals surface area (Å²) in [5.41, 5.74) is 5.34. The Bertz CT molecular complexity index is 642. The predicted octanol–water partition coefficient (Wildman–Crippen LogP) is 1.91. The minimum atomic E-state index is -3.92. The van der Waals surface area contributed by atoms with Crippen LogP contribution in [0, 0.1) is 10.1 Å². The molecule has 0 saturated heterocycles.